The number of rotatable bonds is 5. The molecule has 3 rings (SSSR count). The number of pyridine rings is 1. The third-order valence-electron chi connectivity index (χ3n) is 3.14. The minimum absolute atomic E-state index is 0.165. The second-order valence-corrected chi connectivity index (χ2v) is 6.44. The first-order valence-electron chi connectivity index (χ1n) is 6.57. The van der Waals surface area contributed by atoms with Crippen LogP contribution < -0.4 is 5.73 Å². The van der Waals surface area contributed by atoms with E-state index in [1.165, 1.54) is 5.69 Å². The first kappa shape index (κ1) is 13.6. The van der Waals surface area contributed by atoms with Crippen molar-refractivity contribution in [3.8, 4) is 0 Å². The summed E-state index contributed by atoms with van der Waals surface area (Å²) in [7, 11) is 0. The Hall–Kier alpha value is -1.37. The lowest BCUT2D eigenvalue weighted by atomic mass is 10.1. The topological polar surface area (TPSA) is 56.2 Å². The summed E-state index contributed by atoms with van der Waals surface area (Å²) < 4.78 is 2.14. The standard InChI is InChI=1S/C14H16N4S2/c1-2-10(15)9-11-13(17-14-18(11)7-8-19-14)20-12-5-3-4-6-16-12/h3-8,10H,2,9,15H2,1H3. The Morgan fingerprint density at radius 1 is 1.45 bits per heavy atom. The fourth-order valence-electron chi connectivity index (χ4n) is 1.98. The van der Waals surface area contributed by atoms with E-state index in [-0.39, 0.29) is 6.04 Å². The Morgan fingerprint density at radius 3 is 3.10 bits per heavy atom. The van der Waals surface area contributed by atoms with Crippen molar-refractivity contribution in [1.29, 1.82) is 0 Å². The Bertz CT molecular complexity index is 690. The number of hydrogen-bond acceptors (Lipinski definition) is 5. The lowest BCUT2D eigenvalue weighted by molar-refractivity contribution is 0.627. The molecule has 0 saturated heterocycles. The van der Waals surface area contributed by atoms with E-state index in [1.54, 1.807) is 29.3 Å². The van der Waals surface area contributed by atoms with Crippen LogP contribution in [0.1, 0.15) is 19.0 Å². The average molecular weight is 304 g/mol. The smallest absolute Gasteiger partial charge is 0.194 e. The van der Waals surface area contributed by atoms with Gasteiger partial charge in [-0.2, -0.15) is 0 Å². The Kier molecular flexibility index (Phi) is 4.05. The highest BCUT2D eigenvalue weighted by molar-refractivity contribution is 7.99. The summed E-state index contributed by atoms with van der Waals surface area (Å²) in [6.07, 6.45) is 5.67. The van der Waals surface area contributed by atoms with Crippen LogP contribution in [-0.4, -0.2) is 20.4 Å². The number of imidazole rings is 1. The molecule has 6 heteroatoms. The van der Waals surface area contributed by atoms with Crippen LogP contribution in [0, 0.1) is 0 Å². The molecule has 0 aliphatic heterocycles. The molecule has 3 aromatic heterocycles. The molecular weight excluding hydrogens is 288 g/mol. The maximum atomic E-state index is 6.12. The normalized spacial score (nSPS) is 12.9. The average Bonchev–Trinajstić information content (AvgIpc) is 3.03. The van der Waals surface area contributed by atoms with Crippen molar-refractivity contribution in [3.05, 3.63) is 41.7 Å². The van der Waals surface area contributed by atoms with Gasteiger partial charge >= 0.3 is 0 Å². The first-order valence-corrected chi connectivity index (χ1v) is 8.26. The van der Waals surface area contributed by atoms with Gasteiger partial charge < -0.3 is 5.73 Å². The van der Waals surface area contributed by atoms with Crippen LogP contribution in [-0.2, 0) is 6.42 Å². The zero-order valence-electron chi connectivity index (χ0n) is 11.2. The number of fused-ring (bicyclic) bond motifs is 1. The maximum Gasteiger partial charge on any atom is 0.194 e. The molecule has 0 aliphatic carbocycles. The van der Waals surface area contributed by atoms with Crippen LogP contribution in [0.25, 0.3) is 4.96 Å². The Labute approximate surface area is 126 Å². The van der Waals surface area contributed by atoms with Crippen molar-refractivity contribution in [2.24, 2.45) is 5.73 Å². The number of hydrogen-bond donors (Lipinski definition) is 1. The van der Waals surface area contributed by atoms with E-state index < -0.39 is 0 Å². The second kappa shape index (κ2) is 5.95. The Balaban J connectivity index is 1.96. The summed E-state index contributed by atoms with van der Waals surface area (Å²) in [6, 6.07) is 6.08. The lowest BCUT2D eigenvalue weighted by Gasteiger charge is -2.09. The molecule has 4 nitrogen and oxygen atoms in total. The van der Waals surface area contributed by atoms with E-state index in [9.17, 15) is 0 Å². The predicted molar refractivity (Wildman–Crippen MR) is 83.4 cm³/mol. The van der Waals surface area contributed by atoms with E-state index in [4.69, 9.17) is 10.7 Å². The van der Waals surface area contributed by atoms with Crippen molar-refractivity contribution in [2.75, 3.05) is 0 Å². The van der Waals surface area contributed by atoms with Crippen molar-refractivity contribution in [2.45, 2.75) is 35.9 Å². The first-order chi connectivity index (χ1) is 9.78. The summed E-state index contributed by atoms with van der Waals surface area (Å²) in [5, 5.41) is 4.03. The number of thiazole rings is 1. The van der Waals surface area contributed by atoms with Crippen LogP contribution in [0.15, 0.2) is 46.0 Å². The largest absolute Gasteiger partial charge is 0.327 e. The number of aromatic nitrogens is 3. The van der Waals surface area contributed by atoms with E-state index in [0.29, 0.717) is 0 Å². The molecule has 20 heavy (non-hydrogen) atoms. The molecule has 1 atom stereocenters. The van der Waals surface area contributed by atoms with Crippen LogP contribution in [0.3, 0.4) is 0 Å². The molecular formula is C14H16N4S2. The fourth-order valence-corrected chi connectivity index (χ4v) is 3.66. The second-order valence-electron chi connectivity index (χ2n) is 4.56. The van der Waals surface area contributed by atoms with Crippen molar-refractivity contribution >= 4 is 28.1 Å². The van der Waals surface area contributed by atoms with Gasteiger partial charge in [-0.3, -0.25) is 4.40 Å². The van der Waals surface area contributed by atoms with Gasteiger partial charge in [0.25, 0.3) is 0 Å². The summed E-state index contributed by atoms with van der Waals surface area (Å²) in [4.78, 5) is 10.1. The maximum absolute atomic E-state index is 6.12. The van der Waals surface area contributed by atoms with Gasteiger partial charge in [-0.15, -0.1) is 11.3 Å². The van der Waals surface area contributed by atoms with Gasteiger partial charge in [-0.05, 0) is 30.3 Å². The molecule has 0 aliphatic rings. The van der Waals surface area contributed by atoms with E-state index in [0.717, 1.165) is 27.9 Å². The molecule has 3 aromatic rings. The van der Waals surface area contributed by atoms with Gasteiger partial charge in [0.2, 0.25) is 0 Å². The molecule has 0 spiro atoms. The lowest BCUT2D eigenvalue weighted by Crippen LogP contribution is -2.22. The van der Waals surface area contributed by atoms with Crippen LogP contribution in [0.5, 0.6) is 0 Å². The van der Waals surface area contributed by atoms with Crippen molar-refractivity contribution in [3.63, 3.8) is 0 Å². The fraction of sp³-hybridized carbons (Fsp3) is 0.286. The molecule has 0 fully saturated rings. The summed E-state index contributed by atoms with van der Waals surface area (Å²) >= 11 is 3.25. The molecule has 0 saturated carbocycles. The molecule has 0 radical (unpaired) electrons. The quantitative estimate of drug-likeness (QED) is 0.786. The molecule has 104 valence electrons. The number of nitrogens with zero attached hydrogens (tertiary/aromatic N) is 3. The molecule has 2 N–H and O–H groups in total. The predicted octanol–water partition coefficient (Wildman–Crippen LogP) is 3.22. The third-order valence-corrected chi connectivity index (χ3v) is 4.87. The van der Waals surface area contributed by atoms with Crippen LogP contribution >= 0.6 is 23.1 Å². The molecule has 0 amide bonds. The molecule has 0 bridgehead atoms. The Morgan fingerprint density at radius 2 is 2.35 bits per heavy atom. The molecule has 0 aromatic carbocycles. The SMILES string of the molecule is CCC(N)Cc1c(Sc2ccccn2)nc2sccn12. The van der Waals surface area contributed by atoms with E-state index in [1.807, 2.05) is 18.2 Å². The summed E-state index contributed by atoms with van der Waals surface area (Å²) in [5.74, 6) is 0. The minimum atomic E-state index is 0.165. The monoisotopic (exact) mass is 304 g/mol. The summed E-state index contributed by atoms with van der Waals surface area (Å²) in [6.45, 7) is 2.11. The third kappa shape index (κ3) is 2.72. The number of nitrogens with two attached hydrogens (primary N) is 1. The van der Waals surface area contributed by atoms with Crippen molar-refractivity contribution < 1.29 is 0 Å². The highest BCUT2D eigenvalue weighted by Gasteiger charge is 2.16. The van der Waals surface area contributed by atoms with E-state index in [2.05, 4.69) is 27.9 Å². The zero-order valence-corrected chi connectivity index (χ0v) is 12.8. The summed E-state index contributed by atoms with van der Waals surface area (Å²) in [5.41, 5.74) is 7.31. The molecule has 3 heterocycles. The highest BCUT2D eigenvalue weighted by Crippen LogP contribution is 2.31. The van der Waals surface area contributed by atoms with Crippen LogP contribution in [0.4, 0.5) is 0 Å². The van der Waals surface area contributed by atoms with Crippen LogP contribution in [0.2, 0.25) is 0 Å². The van der Waals surface area contributed by atoms with Gasteiger partial charge in [0.15, 0.2) is 4.96 Å². The minimum Gasteiger partial charge on any atom is -0.327 e. The molecule has 1 unspecified atom stereocenters. The van der Waals surface area contributed by atoms with Crippen molar-refractivity contribution in [1.82, 2.24) is 14.4 Å². The van der Waals surface area contributed by atoms with Gasteiger partial charge in [0.05, 0.1) is 5.69 Å². The van der Waals surface area contributed by atoms with Gasteiger partial charge in [-0.25, -0.2) is 9.97 Å². The van der Waals surface area contributed by atoms with Gasteiger partial charge in [-0.1, -0.05) is 13.0 Å². The van der Waals surface area contributed by atoms with E-state index >= 15 is 0 Å². The zero-order chi connectivity index (χ0) is 13.9. The van der Waals surface area contributed by atoms with Gasteiger partial charge in [0.1, 0.15) is 10.1 Å². The highest BCUT2D eigenvalue weighted by atomic mass is 32.2. The van der Waals surface area contributed by atoms with Gasteiger partial charge in [0, 0.05) is 30.2 Å².